The van der Waals surface area contributed by atoms with Gasteiger partial charge in [-0.25, -0.2) is 13.2 Å². The maximum Gasteiger partial charge on any atom is 0.336 e. The number of halogens is 1. The number of benzene rings is 5. The molecule has 8 heteroatoms. The minimum Gasteiger partial charge on any atom is -0.478 e. The number of carboxylic acids is 1. The van der Waals surface area contributed by atoms with Gasteiger partial charge in [-0.15, -0.1) is 0 Å². The Kier molecular flexibility index (Phi) is 9.92. The molecular formula is C36H32ClNO5S. The molecule has 0 bridgehead atoms. The minimum atomic E-state index is -3.84. The number of hydrogen-bond acceptors (Lipinski definition) is 5. The Morgan fingerprint density at radius 2 is 1.45 bits per heavy atom. The predicted molar refractivity (Wildman–Crippen MR) is 173 cm³/mol. The summed E-state index contributed by atoms with van der Waals surface area (Å²) in [5.74, 6) is -1.08. The minimum absolute atomic E-state index is 0.0898. The van der Waals surface area contributed by atoms with Crippen LogP contribution in [-0.2, 0) is 22.8 Å². The van der Waals surface area contributed by atoms with E-state index in [9.17, 15) is 23.4 Å². The van der Waals surface area contributed by atoms with E-state index in [4.69, 9.17) is 11.6 Å². The number of rotatable bonds is 12. The molecule has 0 radical (unpaired) electrons. The normalized spacial score (nSPS) is 12.2. The monoisotopic (exact) mass is 625 g/mol. The molecule has 0 unspecified atom stereocenters. The average Bonchev–Trinajstić information content (AvgIpc) is 3.04. The van der Waals surface area contributed by atoms with Crippen LogP contribution < -0.4 is 0 Å². The molecule has 6 nitrogen and oxygen atoms in total. The lowest BCUT2D eigenvalue weighted by Gasteiger charge is -2.25. The van der Waals surface area contributed by atoms with Crippen molar-refractivity contribution in [3.8, 4) is 11.1 Å². The van der Waals surface area contributed by atoms with Crippen LogP contribution in [0.25, 0.3) is 11.1 Å². The van der Waals surface area contributed by atoms with Crippen molar-refractivity contribution in [2.45, 2.75) is 28.9 Å². The van der Waals surface area contributed by atoms with E-state index in [0.717, 1.165) is 16.7 Å². The van der Waals surface area contributed by atoms with Crippen LogP contribution in [0.4, 0.5) is 0 Å². The van der Waals surface area contributed by atoms with Crippen LogP contribution in [0.2, 0.25) is 5.02 Å². The summed E-state index contributed by atoms with van der Waals surface area (Å²) < 4.78 is 27.1. The molecule has 2 N–H and O–H groups in total. The first kappa shape index (κ1) is 31.2. The SMILES string of the molecule is O=C(O)c1ccccc1-c1cccc(S(=O)(=O)c2ccc(CCN(Cc3ccccc3)C[C@H](O)c3cccc(Cl)c3)cc2)c1. The number of carboxylic acid groups (broad SMARTS) is 1. The van der Waals surface area contributed by atoms with Crippen LogP contribution in [-0.4, -0.2) is 42.6 Å². The highest BCUT2D eigenvalue weighted by atomic mass is 35.5. The third kappa shape index (κ3) is 7.62. The summed E-state index contributed by atoms with van der Waals surface area (Å²) in [6, 6.07) is 37.0. The van der Waals surface area contributed by atoms with Crippen molar-refractivity contribution in [3.05, 3.63) is 155 Å². The Hall–Kier alpha value is -4.27. The third-order valence-corrected chi connectivity index (χ3v) is 9.48. The van der Waals surface area contributed by atoms with Crippen LogP contribution in [0.5, 0.6) is 0 Å². The largest absolute Gasteiger partial charge is 0.478 e. The molecule has 0 saturated carbocycles. The Morgan fingerprint density at radius 3 is 2.18 bits per heavy atom. The van der Waals surface area contributed by atoms with Gasteiger partial charge >= 0.3 is 5.97 Å². The van der Waals surface area contributed by atoms with E-state index in [1.807, 2.05) is 54.6 Å². The van der Waals surface area contributed by atoms with Gasteiger partial charge in [0.15, 0.2) is 0 Å². The third-order valence-electron chi connectivity index (χ3n) is 7.48. The first-order chi connectivity index (χ1) is 21.2. The highest BCUT2D eigenvalue weighted by Gasteiger charge is 2.20. The molecular weight excluding hydrogens is 594 g/mol. The predicted octanol–water partition coefficient (Wildman–Crippen LogP) is 7.32. The molecule has 44 heavy (non-hydrogen) atoms. The van der Waals surface area contributed by atoms with Crippen molar-refractivity contribution in [2.75, 3.05) is 13.1 Å². The summed E-state index contributed by atoms with van der Waals surface area (Å²) in [7, 11) is -3.84. The lowest BCUT2D eigenvalue weighted by molar-refractivity contribution is 0.0697. The molecule has 5 aromatic rings. The van der Waals surface area contributed by atoms with Gasteiger partial charge in [0.1, 0.15) is 0 Å². The Bertz CT molecular complexity index is 1840. The van der Waals surface area contributed by atoms with Gasteiger partial charge in [0.05, 0.1) is 21.5 Å². The second kappa shape index (κ2) is 14.0. The van der Waals surface area contributed by atoms with E-state index in [1.165, 1.54) is 18.2 Å². The van der Waals surface area contributed by atoms with Crippen molar-refractivity contribution < 1.29 is 23.4 Å². The van der Waals surface area contributed by atoms with Crippen molar-refractivity contribution in [2.24, 2.45) is 0 Å². The van der Waals surface area contributed by atoms with Crippen molar-refractivity contribution in [1.82, 2.24) is 4.90 Å². The number of aliphatic hydroxyl groups excluding tert-OH is 1. The second-order valence-electron chi connectivity index (χ2n) is 10.6. The van der Waals surface area contributed by atoms with Crippen molar-refractivity contribution in [1.29, 1.82) is 0 Å². The summed E-state index contributed by atoms with van der Waals surface area (Å²) in [5.41, 5.74) is 3.91. The smallest absolute Gasteiger partial charge is 0.336 e. The first-order valence-electron chi connectivity index (χ1n) is 14.2. The van der Waals surface area contributed by atoms with Crippen LogP contribution in [0.3, 0.4) is 0 Å². The number of carbonyl (C=O) groups is 1. The highest BCUT2D eigenvalue weighted by Crippen LogP contribution is 2.29. The fraction of sp³-hybridized carbons (Fsp3) is 0.139. The van der Waals surface area contributed by atoms with Gasteiger partial charge in [0.2, 0.25) is 9.84 Å². The molecule has 5 aromatic carbocycles. The van der Waals surface area contributed by atoms with Gasteiger partial charge in [-0.3, -0.25) is 4.90 Å². The van der Waals surface area contributed by atoms with E-state index in [0.29, 0.717) is 42.2 Å². The molecule has 0 fully saturated rings. The van der Waals surface area contributed by atoms with Crippen LogP contribution in [0, 0.1) is 0 Å². The van der Waals surface area contributed by atoms with Gasteiger partial charge in [0.25, 0.3) is 0 Å². The summed E-state index contributed by atoms with van der Waals surface area (Å²) in [5, 5.41) is 21.1. The maximum absolute atomic E-state index is 13.5. The Labute approximate surface area is 262 Å². The van der Waals surface area contributed by atoms with Crippen LogP contribution in [0.1, 0.15) is 33.2 Å². The topological polar surface area (TPSA) is 94.9 Å². The zero-order valence-electron chi connectivity index (χ0n) is 23.9. The number of aliphatic hydroxyl groups is 1. The molecule has 0 aliphatic carbocycles. The van der Waals surface area contributed by atoms with Crippen molar-refractivity contribution in [3.63, 3.8) is 0 Å². The quantitative estimate of drug-likeness (QED) is 0.151. The summed E-state index contributed by atoms with van der Waals surface area (Å²) in [6.07, 6.45) is -0.0696. The summed E-state index contributed by atoms with van der Waals surface area (Å²) in [6.45, 7) is 1.69. The van der Waals surface area contributed by atoms with Crippen LogP contribution in [0.15, 0.2) is 137 Å². The summed E-state index contributed by atoms with van der Waals surface area (Å²) >= 11 is 6.14. The van der Waals surface area contributed by atoms with Gasteiger partial charge < -0.3 is 10.2 Å². The standard InChI is InChI=1S/C36H32ClNO5S/c37-30-12-6-11-29(22-30)35(39)25-38(24-27-8-2-1-3-9-27)21-20-26-16-18-31(19-17-26)44(42,43)32-13-7-10-28(23-32)33-14-4-5-15-34(33)36(40)41/h1-19,22-23,35,39H,20-21,24-25H2,(H,40,41)/t35-/m0/s1. The summed E-state index contributed by atoms with van der Waals surface area (Å²) in [4.78, 5) is 14.1. The molecule has 5 rings (SSSR count). The number of aromatic carboxylic acids is 1. The maximum atomic E-state index is 13.5. The highest BCUT2D eigenvalue weighted by molar-refractivity contribution is 7.91. The van der Waals surface area contributed by atoms with E-state index in [2.05, 4.69) is 4.90 Å². The molecule has 0 aliphatic heterocycles. The second-order valence-corrected chi connectivity index (χ2v) is 13.0. The first-order valence-corrected chi connectivity index (χ1v) is 16.0. The molecule has 0 amide bonds. The molecule has 0 aromatic heterocycles. The van der Waals surface area contributed by atoms with Gasteiger partial charge in [-0.1, -0.05) is 96.5 Å². The molecule has 1 atom stereocenters. The zero-order valence-corrected chi connectivity index (χ0v) is 25.5. The molecule has 0 heterocycles. The fourth-order valence-corrected chi connectivity index (χ4v) is 6.66. The molecule has 0 saturated heterocycles. The van der Waals surface area contributed by atoms with Gasteiger partial charge in [0, 0.05) is 24.7 Å². The van der Waals surface area contributed by atoms with E-state index < -0.39 is 21.9 Å². The van der Waals surface area contributed by atoms with E-state index >= 15 is 0 Å². The Morgan fingerprint density at radius 1 is 0.750 bits per heavy atom. The lowest BCUT2D eigenvalue weighted by Crippen LogP contribution is -2.30. The molecule has 0 aliphatic rings. The lowest BCUT2D eigenvalue weighted by atomic mass is 10.00. The Balaban J connectivity index is 1.31. The fourth-order valence-electron chi connectivity index (χ4n) is 5.15. The van der Waals surface area contributed by atoms with E-state index in [1.54, 1.807) is 54.6 Å². The van der Waals surface area contributed by atoms with E-state index in [-0.39, 0.29) is 15.4 Å². The molecule has 0 spiro atoms. The van der Waals surface area contributed by atoms with Crippen LogP contribution >= 0.6 is 11.6 Å². The zero-order chi connectivity index (χ0) is 31.1. The van der Waals surface area contributed by atoms with Crippen molar-refractivity contribution >= 4 is 27.4 Å². The average molecular weight is 626 g/mol. The number of nitrogens with zero attached hydrogens (tertiary/aromatic N) is 1. The number of sulfone groups is 1. The van der Waals surface area contributed by atoms with Gasteiger partial charge in [-0.2, -0.15) is 0 Å². The number of hydrogen-bond donors (Lipinski definition) is 2. The van der Waals surface area contributed by atoms with Gasteiger partial charge in [-0.05, 0) is 76.7 Å². The molecule has 224 valence electrons.